The molecule has 1 aromatic heterocycles. The summed E-state index contributed by atoms with van der Waals surface area (Å²) in [5.74, 6) is 1.22. The van der Waals surface area contributed by atoms with Crippen LogP contribution >= 0.6 is 0 Å². The van der Waals surface area contributed by atoms with Crippen LogP contribution in [0.3, 0.4) is 0 Å². The predicted octanol–water partition coefficient (Wildman–Crippen LogP) is 3.02. The summed E-state index contributed by atoms with van der Waals surface area (Å²) in [5.41, 5.74) is 1.03. The summed E-state index contributed by atoms with van der Waals surface area (Å²) in [6, 6.07) is 8.48. The molecule has 1 fully saturated rings. The zero-order valence-corrected chi connectivity index (χ0v) is 13.8. The van der Waals surface area contributed by atoms with Gasteiger partial charge in [0.25, 0.3) is 0 Å². The van der Waals surface area contributed by atoms with Crippen molar-refractivity contribution in [3.8, 4) is 5.75 Å². The van der Waals surface area contributed by atoms with E-state index in [1.54, 1.807) is 24.5 Å². The summed E-state index contributed by atoms with van der Waals surface area (Å²) in [6.45, 7) is 2.76. The van der Waals surface area contributed by atoms with Gasteiger partial charge in [0.2, 0.25) is 0 Å². The van der Waals surface area contributed by atoms with E-state index in [0.717, 1.165) is 44.1 Å². The molecule has 24 heavy (non-hydrogen) atoms. The Morgan fingerprint density at radius 3 is 3.00 bits per heavy atom. The molecular formula is C18H22FN3O2. The molecule has 1 saturated heterocycles. The topological polar surface area (TPSA) is 47.5 Å². The second-order valence-electron chi connectivity index (χ2n) is 5.92. The van der Waals surface area contributed by atoms with Gasteiger partial charge in [-0.05, 0) is 25.0 Å². The van der Waals surface area contributed by atoms with Crippen LogP contribution in [0.25, 0.3) is 0 Å². The fraction of sp³-hybridized carbons (Fsp3) is 0.444. The van der Waals surface area contributed by atoms with Crippen LogP contribution in [-0.4, -0.2) is 43.4 Å². The minimum absolute atomic E-state index is 0.297. The van der Waals surface area contributed by atoms with Gasteiger partial charge >= 0.3 is 0 Å². The van der Waals surface area contributed by atoms with Crippen molar-refractivity contribution >= 4 is 5.82 Å². The predicted molar refractivity (Wildman–Crippen MR) is 90.0 cm³/mol. The van der Waals surface area contributed by atoms with Gasteiger partial charge in [0.05, 0.1) is 18.9 Å². The number of aromatic nitrogens is 2. The summed E-state index contributed by atoms with van der Waals surface area (Å²) in [6.07, 6.45) is 3.39. The maximum atomic E-state index is 13.5. The highest BCUT2D eigenvalue weighted by molar-refractivity contribution is 5.38. The first-order valence-electron chi connectivity index (χ1n) is 8.22. The first kappa shape index (κ1) is 16.6. The Morgan fingerprint density at radius 2 is 2.21 bits per heavy atom. The summed E-state index contributed by atoms with van der Waals surface area (Å²) in [7, 11) is 1.99. The maximum Gasteiger partial charge on any atom is 0.165 e. The van der Waals surface area contributed by atoms with Crippen LogP contribution in [0.15, 0.2) is 36.7 Å². The van der Waals surface area contributed by atoms with Gasteiger partial charge in [-0.15, -0.1) is 0 Å². The zero-order chi connectivity index (χ0) is 16.8. The number of hydrogen-bond donors (Lipinski definition) is 0. The third-order valence-corrected chi connectivity index (χ3v) is 4.14. The monoisotopic (exact) mass is 331 g/mol. The van der Waals surface area contributed by atoms with Crippen molar-refractivity contribution in [2.75, 3.05) is 38.3 Å². The molecular weight excluding hydrogens is 309 g/mol. The lowest BCUT2D eigenvalue weighted by Gasteiger charge is -2.19. The number of halogens is 1. The SMILES string of the molecule is CN(CCCOc1ccccc1F)c1cc([C@H]2CCOC2)ncn1. The smallest absolute Gasteiger partial charge is 0.165 e. The van der Waals surface area contributed by atoms with E-state index in [4.69, 9.17) is 9.47 Å². The normalized spacial score (nSPS) is 17.0. The van der Waals surface area contributed by atoms with E-state index >= 15 is 0 Å². The molecule has 1 aliphatic rings. The molecule has 6 heteroatoms. The number of para-hydroxylation sites is 1. The van der Waals surface area contributed by atoms with E-state index < -0.39 is 0 Å². The maximum absolute atomic E-state index is 13.5. The molecule has 1 aromatic carbocycles. The highest BCUT2D eigenvalue weighted by Crippen LogP contribution is 2.25. The van der Waals surface area contributed by atoms with Crippen molar-refractivity contribution in [1.82, 2.24) is 9.97 Å². The van der Waals surface area contributed by atoms with Crippen LogP contribution in [-0.2, 0) is 4.74 Å². The second-order valence-corrected chi connectivity index (χ2v) is 5.92. The second kappa shape index (κ2) is 8.06. The summed E-state index contributed by atoms with van der Waals surface area (Å²) in [4.78, 5) is 10.8. The van der Waals surface area contributed by atoms with E-state index in [1.165, 1.54) is 6.07 Å². The number of anilines is 1. The Morgan fingerprint density at radius 1 is 1.33 bits per heavy atom. The van der Waals surface area contributed by atoms with Gasteiger partial charge in [-0.2, -0.15) is 0 Å². The van der Waals surface area contributed by atoms with Crippen molar-refractivity contribution in [3.05, 3.63) is 48.2 Å². The van der Waals surface area contributed by atoms with Crippen molar-refractivity contribution in [1.29, 1.82) is 0 Å². The van der Waals surface area contributed by atoms with Crippen LogP contribution < -0.4 is 9.64 Å². The summed E-state index contributed by atoms with van der Waals surface area (Å²) < 4.78 is 24.4. The molecule has 0 N–H and O–H groups in total. The average molecular weight is 331 g/mol. The Kier molecular flexibility index (Phi) is 5.59. The minimum atomic E-state index is -0.329. The Labute approximate surface area is 141 Å². The van der Waals surface area contributed by atoms with Crippen molar-refractivity contribution < 1.29 is 13.9 Å². The first-order valence-corrected chi connectivity index (χ1v) is 8.22. The van der Waals surface area contributed by atoms with Gasteiger partial charge < -0.3 is 14.4 Å². The molecule has 0 bridgehead atoms. The molecule has 0 radical (unpaired) electrons. The van der Waals surface area contributed by atoms with E-state index in [1.807, 2.05) is 13.1 Å². The van der Waals surface area contributed by atoms with Crippen molar-refractivity contribution in [3.63, 3.8) is 0 Å². The fourth-order valence-electron chi connectivity index (χ4n) is 2.72. The lowest BCUT2D eigenvalue weighted by molar-refractivity contribution is 0.193. The molecule has 128 valence electrons. The van der Waals surface area contributed by atoms with Crippen LogP contribution in [0.5, 0.6) is 5.75 Å². The number of ether oxygens (including phenoxy) is 2. The third-order valence-electron chi connectivity index (χ3n) is 4.14. The molecule has 2 heterocycles. The first-order chi connectivity index (χ1) is 11.7. The van der Waals surface area contributed by atoms with Gasteiger partial charge in [0.15, 0.2) is 11.6 Å². The standard InChI is InChI=1S/C18H22FN3O2/c1-22(8-4-9-24-17-6-3-2-5-15(17)19)18-11-16(20-13-21-18)14-7-10-23-12-14/h2-3,5-6,11,13-14H,4,7-10,12H2,1H3/t14-/m0/s1. The lowest BCUT2D eigenvalue weighted by atomic mass is 10.0. The molecule has 0 aliphatic carbocycles. The Balaban J connectivity index is 1.49. The molecule has 0 amide bonds. The fourth-order valence-corrected chi connectivity index (χ4v) is 2.72. The minimum Gasteiger partial charge on any atom is -0.490 e. The third kappa shape index (κ3) is 4.20. The van der Waals surface area contributed by atoms with Crippen LogP contribution in [0.4, 0.5) is 10.2 Å². The molecule has 0 saturated carbocycles. The zero-order valence-electron chi connectivity index (χ0n) is 13.8. The summed E-state index contributed by atoms with van der Waals surface area (Å²) in [5, 5.41) is 0. The number of benzene rings is 1. The van der Waals surface area contributed by atoms with E-state index in [9.17, 15) is 4.39 Å². The quantitative estimate of drug-likeness (QED) is 0.730. The van der Waals surface area contributed by atoms with Crippen LogP contribution in [0, 0.1) is 5.82 Å². The number of nitrogens with zero attached hydrogens (tertiary/aromatic N) is 3. The van der Waals surface area contributed by atoms with E-state index in [0.29, 0.717) is 18.3 Å². The molecule has 0 unspecified atom stereocenters. The van der Waals surface area contributed by atoms with Gasteiger partial charge in [0.1, 0.15) is 12.1 Å². The number of rotatable bonds is 7. The largest absolute Gasteiger partial charge is 0.490 e. The van der Waals surface area contributed by atoms with Gasteiger partial charge in [-0.1, -0.05) is 12.1 Å². The molecule has 2 aromatic rings. The van der Waals surface area contributed by atoms with E-state index in [-0.39, 0.29) is 5.82 Å². The lowest BCUT2D eigenvalue weighted by Crippen LogP contribution is -2.22. The van der Waals surface area contributed by atoms with Gasteiger partial charge in [0, 0.05) is 32.2 Å². The molecule has 3 rings (SSSR count). The van der Waals surface area contributed by atoms with Gasteiger partial charge in [-0.3, -0.25) is 0 Å². The number of hydrogen-bond acceptors (Lipinski definition) is 5. The molecule has 1 atom stereocenters. The highest BCUT2D eigenvalue weighted by Gasteiger charge is 2.20. The highest BCUT2D eigenvalue weighted by atomic mass is 19.1. The van der Waals surface area contributed by atoms with Gasteiger partial charge in [-0.25, -0.2) is 14.4 Å². The molecule has 0 spiro atoms. The van der Waals surface area contributed by atoms with Crippen molar-refractivity contribution in [2.24, 2.45) is 0 Å². The summed E-state index contributed by atoms with van der Waals surface area (Å²) >= 11 is 0. The van der Waals surface area contributed by atoms with Crippen LogP contribution in [0.1, 0.15) is 24.5 Å². The molecule has 5 nitrogen and oxygen atoms in total. The van der Waals surface area contributed by atoms with E-state index in [2.05, 4.69) is 14.9 Å². The van der Waals surface area contributed by atoms with Crippen molar-refractivity contribution in [2.45, 2.75) is 18.8 Å². The molecule has 1 aliphatic heterocycles. The Bertz CT molecular complexity index is 662. The van der Waals surface area contributed by atoms with Crippen LogP contribution in [0.2, 0.25) is 0 Å². The average Bonchev–Trinajstić information content (AvgIpc) is 3.15. The Hall–Kier alpha value is -2.21.